The molecule has 128 valence electrons. The number of anilines is 1. The Morgan fingerprint density at radius 3 is 2.80 bits per heavy atom. The van der Waals surface area contributed by atoms with Gasteiger partial charge in [-0.05, 0) is 37.6 Å². The van der Waals surface area contributed by atoms with E-state index in [0.29, 0.717) is 23.2 Å². The SMILES string of the molecule is Cc1ccc(NC(=O)CCc2nc(-c3cccc(Cl)c3)no2)c(C)c1. The highest BCUT2D eigenvalue weighted by Crippen LogP contribution is 2.20. The van der Waals surface area contributed by atoms with Crippen molar-refractivity contribution in [3.05, 3.63) is 64.5 Å². The fourth-order valence-corrected chi connectivity index (χ4v) is 2.68. The zero-order valence-corrected chi connectivity index (χ0v) is 14.8. The molecule has 0 saturated heterocycles. The van der Waals surface area contributed by atoms with Gasteiger partial charge in [-0.1, -0.05) is 46.6 Å². The van der Waals surface area contributed by atoms with Crippen LogP contribution in [0.1, 0.15) is 23.4 Å². The summed E-state index contributed by atoms with van der Waals surface area (Å²) in [6, 6.07) is 13.1. The van der Waals surface area contributed by atoms with Crippen molar-refractivity contribution in [1.29, 1.82) is 0 Å². The van der Waals surface area contributed by atoms with Crippen LogP contribution < -0.4 is 5.32 Å². The Morgan fingerprint density at radius 1 is 1.20 bits per heavy atom. The number of amides is 1. The number of carbonyl (C=O) groups excluding carboxylic acids is 1. The second-order valence-corrected chi connectivity index (χ2v) is 6.33. The van der Waals surface area contributed by atoms with E-state index in [1.54, 1.807) is 12.1 Å². The molecule has 0 bridgehead atoms. The van der Waals surface area contributed by atoms with Crippen molar-refractivity contribution < 1.29 is 9.32 Å². The van der Waals surface area contributed by atoms with Gasteiger partial charge >= 0.3 is 0 Å². The van der Waals surface area contributed by atoms with Crippen LogP contribution in [0.25, 0.3) is 11.4 Å². The molecule has 3 aromatic rings. The topological polar surface area (TPSA) is 68.0 Å². The highest BCUT2D eigenvalue weighted by Gasteiger charge is 2.11. The number of hydrogen-bond donors (Lipinski definition) is 1. The Balaban J connectivity index is 1.59. The van der Waals surface area contributed by atoms with Crippen molar-refractivity contribution >= 4 is 23.2 Å². The first-order valence-electron chi connectivity index (χ1n) is 7.97. The van der Waals surface area contributed by atoms with Gasteiger partial charge in [0.15, 0.2) is 0 Å². The number of aryl methyl sites for hydroxylation is 3. The lowest BCUT2D eigenvalue weighted by molar-refractivity contribution is -0.116. The molecule has 1 heterocycles. The van der Waals surface area contributed by atoms with Crippen LogP contribution in [0.5, 0.6) is 0 Å². The molecule has 0 spiro atoms. The normalized spacial score (nSPS) is 10.7. The first-order valence-corrected chi connectivity index (χ1v) is 8.35. The van der Waals surface area contributed by atoms with Crippen molar-refractivity contribution in [3.8, 4) is 11.4 Å². The number of nitrogens with zero attached hydrogens (tertiary/aromatic N) is 2. The van der Waals surface area contributed by atoms with Gasteiger partial charge in [0.25, 0.3) is 0 Å². The van der Waals surface area contributed by atoms with Crippen LogP contribution in [0.15, 0.2) is 47.0 Å². The molecule has 2 aromatic carbocycles. The van der Waals surface area contributed by atoms with Crippen LogP contribution in [-0.2, 0) is 11.2 Å². The molecule has 5 nitrogen and oxygen atoms in total. The van der Waals surface area contributed by atoms with Crippen molar-refractivity contribution in [2.75, 3.05) is 5.32 Å². The fraction of sp³-hybridized carbons (Fsp3) is 0.211. The number of nitrogens with one attached hydrogen (secondary N) is 1. The van der Waals surface area contributed by atoms with E-state index in [4.69, 9.17) is 16.1 Å². The molecule has 0 aliphatic heterocycles. The molecule has 1 N–H and O–H groups in total. The lowest BCUT2D eigenvalue weighted by Crippen LogP contribution is -2.13. The third-order valence-electron chi connectivity index (χ3n) is 3.77. The molecule has 25 heavy (non-hydrogen) atoms. The number of aromatic nitrogens is 2. The average molecular weight is 356 g/mol. The summed E-state index contributed by atoms with van der Waals surface area (Å²) in [5.41, 5.74) is 3.80. The molecular weight excluding hydrogens is 338 g/mol. The molecule has 0 radical (unpaired) electrons. The maximum atomic E-state index is 12.1. The van der Waals surface area contributed by atoms with E-state index in [1.165, 1.54) is 0 Å². The fourth-order valence-electron chi connectivity index (χ4n) is 2.49. The lowest BCUT2D eigenvalue weighted by atomic mass is 10.1. The lowest BCUT2D eigenvalue weighted by Gasteiger charge is -2.08. The minimum atomic E-state index is -0.0885. The Morgan fingerprint density at radius 2 is 2.04 bits per heavy atom. The van der Waals surface area contributed by atoms with Gasteiger partial charge in [0.2, 0.25) is 17.6 Å². The highest BCUT2D eigenvalue weighted by atomic mass is 35.5. The smallest absolute Gasteiger partial charge is 0.227 e. The zero-order chi connectivity index (χ0) is 17.8. The largest absolute Gasteiger partial charge is 0.339 e. The molecule has 1 aromatic heterocycles. The molecule has 0 fully saturated rings. The summed E-state index contributed by atoms with van der Waals surface area (Å²) < 4.78 is 5.21. The Bertz CT molecular complexity index is 905. The summed E-state index contributed by atoms with van der Waals surface area (Å²) in [6.07, 6.45) is 0.648. The van der Waals surface area contributed by atoms with E-state index in [1.807, 2.05) is 44.2 Å². The van der Waals surface area contributed by atoms with E-state index in [-0.39, 0.29) is 12.3 Å². The highest BCUT2D eigenvalue weighted by molar-refractivity contribution is 6.30. The monoisotopic (exact) mass is 355 g/mol. The van der Waals surface area contributed by atoms with E-state index in [2.05, 4.69) is 15.5 Å². The van der Waals surface area contributed by atoms with Gasteiger partial charge in [0.05, 0.1) is 0 Å². The molecule has 6 heteroatoms. The standard InChI is InChI=1S/C19H18ClN3O2/c1-12-6-7-16(13(2)10-12)21-17(24)8-9-18-22-19(23-25-18)14-4-3-5-15(20)11-14/h3-7,10-11H,8-9H2,1-2H3,(H,21,24). The van der Waals surface area contributed by atoms with Crippen LogP contribution in [0, 0.1) is 13.8 Å². The maximum absolute atomic E-state index is 12.1. The van der Waals surface area contributed by atoms with Crippen molar-refractivity contribution in [1.82, 2.24) is 10.1 Å². The van der Waals surface area contributed by atoms with Gasteiger partial charge in [0, 0.05) is 29.1 Å². The molecule has 0 aliphatic carbocycles. The van der Waals surface area contributed by atoms with Gasteiger partial charge in [-0.3, -0.25) is 4.79 Å². The number of rotatable bonds is 5. The summed E-state index contributed by atoms with van der Waals surface area (Å²) in [5.74, 6) is 0.799. The second-order valence-electron chi connectivity index (χ2n) is 5.89. The van der Waals surface area contributed by atoms with Crippen LogP contribution in [-0.4, -0.2) is 16.0 Å². The second kappa shape index (κ2) is 7.49. The minimum absolute atomic E-state index is 0.0885. The molecule has 1 amide bonds. The molecule has 0 unspecified atom stereocenters. The first-order chi connectivity index (χ1) is 12.0. The third kappa shape index (κ3) is 4.45. The Labute approximate surface area is 151 Å². The van der Waals surface area contributed by atoms with Gasteiger partial charge in [-0.25, -0.2) is 0 Å². The summed E-state index contributed by atoms with van der Waals surface area (Å²) in [5, 5.41) is 7.45. The summed E-state index contributed by atoms with van der Waals surface area (Å²) in [4.78, 5) is 16.4. The van der Waals surface area contributed by atoms with Gasteiger partial charge in [-0.15, -0.1) is 0 Å². The molecule has 0 atom stereocenters. The summed E-state index contributed by atoms with van der Waals surface area (Å²) in [6.45, 7) is 3.99. The predicted octanol–water partition coefficient (Wildman–Crippen LogP) is 4.58. The Kier molecular flexibility index (Phi) is 5.14. The number of halogens is 1. The van der Waals surface area contributed by atoms with Crippen LogP contribution >= 0.6 is 11.6 Å². The molecule has 0 aliphatic rings. The first kappa shape index (κ1) is 17.2. The van der Waals surface area contributed by atoms with Crippen LogP contribution in [0.2, 0.25) is 5.02 Å². The van der Waals surface area contributed by atoms with Crippen LogP contribution in [0.3, 0.4) is 0 Å². The molecule has 3 rings (SSSR count). The van der Waals surface area contributed by atoms with Gasteiger partial charge in [-0.2, -0.15) is 4.98 Å². The van der Waals surface area contributed by atoms with Crippen LogP contribution in [0.4, 0.5) is 5.69 Å². The van der Waals surface area contributed by atoms with Gasteiger partial charge in [0.1, 0.15) is 0 Å². The maximum Gasteiger partial charge on any atom is 0.227 e. The summed E-state index contributed by atoms with van der Waals surface area (Å²) >= 11 is 5.96. The van der Waals surface area contributed by atoms with E-state index >= 15 is 0 Å². The van der Waals surface area contributed by atoms with E-state index < -0.39 is 0 Å². The third-order valence-corrected chi connectivity index (χ3v) is 4.01. The van der Waals surface area contributed by atoms with Gasteiger partial charge < -0.3 is 9.84 Å². The average Bonchev–Trinajstić information content (AvgIpc) is 3.05. The Hall–Kier alpha value is -2.66. The van der Waals surface area contributed by atoms with Crippen molar-refractivity contribution in [2.24, 2.45) is 0 Å². The van der Waals surface area contributed by atoms with E-state index in [0.717, 1.165) is 22.4 Å². The predicted molar refractivity (Wildman–Crippen MR) is 97.6 cm³/mol. The molecular formula is C19H18ClN3O2. The summed E-state index contributed by atoms with van der Waals surface area (Å²) in [7, 11) is 0. The number of carbonyl (C=O) groups is 1. The number of benzene rings is 2. The minimum Gasteiger partial charge on any atom is -0.339 e. The van der Waals surface area contributed by atoms with Crippen molar-refractivity contribution in [2.45, 2.75) is 26.7 Å². The van der Waals surface area contributed by atoms with E-state index in [9.17, 15) is 4.79 Å². The quantitative estimate of drug-likeness (QED) is 0.727. The zero-order valence-electron chi connectivity index (χ0n) is 14.0. The molecule has 0 saturated carbocycles. The van der Waals surface area contributed by atoms with Crippen molar-refractivity contribution in [3.63, 3.8) is 0 Å². The number of hydrogen-bond acceptors (Lipinski definition) is 4.